The van der Waals surface area contributed by atoms with Crippen molar-refractivity contribution in [3.05, 3.63) is 114 Å². The minimum atomic E-state index is -4.79. The van der Waals surface area contributed by atoms with Crippen molar-refractivity contribution in [2.24, 2.45) is 5.92 Å². The number of amides is 3. The molecule has 2 aromatic heterocycles. The largest absolute Gasteiger partial charge is 0.494 e. The number of benzene rings is 3. The molecule has 20 heteroatoms. The molecule has 16 nitrogen and oxygen atoms in total. The van der Waals surface area contributed by atoms with Crippen molar-refractivity contribution >= 4 is 46.4 Å². The molecule has 0 aliphatic carbocycles. The van der Waals surface area contributed by atoms with E-state index in [1.165, 1.54) is 11.0 Å². The molecule has 2 fully saturated rings. The van der Waals surface area contributed by atoms with E-state index in [-0.39, 0.29) is 47.5 Å². The molecular formula is C52H60F3N9O7S. The van der Waals surface area contributed by atoms with E-state index in [4.69, 9.17) is 26.4 Å². The summed E-state index contributed by atoms with van der Waals surface area (Å²) in [7, 11) is 0. The Bertz CT molecular complexity index is 2750. The van der Waals surface area contributed by atoms with Gasteiger partial charge < -0.3 is 39.0 Å². The first kappa shape index (κ1) is 53.0. The van der Waals surface area contributed by atoms with Gasteiger partial charge in [0.1, 0.15) is 29.2 Å². The number of halogens is 3. The van der Waals surface area contributed by atoms with Crippen LogP contribution in [0.5, 0.6) is 11.5 Å². The molecule has 7 rings (SSSR count). The van der Waals surface area contributed by atoms with Gasteiger partial charge >= 0.3 is 6.18 Å². The number of nitrogens with zero attached hydrogens (tertiary/aromatic N) is 8. The first-order valence-corrected chi connectivity index (χ1v) is 24.4. The van der Waals surface area contributed by atoms with Crippen molar-refractivity contribution in [2.45, 2.75) is 110 Å². The lowest BCUT2D eigenvalue weighted by Crippen LogP contribution is -2.49. The van der Waals surface area contributed by atoms with Crippen molar-refractivity contribution in [3.63, 3.8) is 0 Å². The van der Waals surface area contributed by atoms with Gasteiger partial charge in [-0.1, -0.05) is 26.0 Å². The van der Waals surface area contributed by atoms with Gasteiger partial charge in [-0.15, -0.1) is 0 Å². The zero-order valence-electron chi connectivity index (χ0n) is 41.1. The lowest BCUT2D eigenvalue weighted by molar-refractivity contribution is -0.142. The first-order chi connectivity index (χ1) is 34.3. The summed E-state index contributed by atoms with van der Waals surface area (Å²) in [6.45, 7) is 12.8. The predicted molar refractivity (Wildman–Crippen MR) is 267 cm³/mol. The van der Waals surface area contributed by atoms with E-state index >= 15 is 0 Å². The Hall–Kier alpha value is -6.82. The topological polar surface area (TPSA) is 180 Å². The molecule has 2 aliphatic rings. The standard InChI is InChI=1S/C52H60F3N9O7S/c1-33(2)46(48(67)61-31-41(65)28-45(61)47(66)59-34(3)36-11-14-38(15-12-36)60-22-21-57-35(60)4)62-32-43(30-58-62)71-26-10-24-69-23-8-7-9-25-70-42-19-17-39(18-20-42)64-50(72)63(49(68)51(64,5)6)40-16-13-37(29-56)44(27-40)52(53,54)55/h11-22,27,30,32-34,41,45-46,65H,7-10,23-26,28,31H2,1-6H3,(H,59,66)/t34?,41-,45+,46?/m1/s1. The van der Waals surface area contributed by atoms with Crippen LogP contribution in [0.2, 0.25) is 0 Å². The zero-order valence-corrected chi connectivity index (χ0v) is 42.0. The van der Waals surface area contributed by atoms with Crippen LogP contribution < -0.4 is 24.6 Å². The van der Waals surface area contributed by atoms with Gasteiger partial charge in [-0.25, -0.2) is 4.98 Å². The molecular weight excluding hydrogens is 952 g/mol. The van der Waals surface area contributed by atoms with E-state index in [1.54, 1.807) is 72.4 Å². The van der Waals surface area contributed by atoms with Crippen LogP contribution in [0, 0.1) is 24.2 Å². The van der Waals surface area contributed by atoms with Gasteiger partial charge in [0, 0.05) is 56.4 Å². The minimum Gasteiger partial charge on any atom is -0.494 e. The van der Waals surface area contributed by atoms with Crippen LogP contribution in [0.4, 0.5) is 24.5 Å². The number of thiocarbonyl (C=S) groups is 1. The Morgan fingerprint density at radius 3 is 2.25 bits per heavy atom. The molecule has 4 heterocycles. The number of carbonyl (C=O) groups excluding carboxylic acids is 3. The average molecular weight is 1010 g/mol. The maximum atomic E-state index is 14.1. The summed E-state index contributed by atoms with van der Waals surface area (Å²) in [5.41, 5.74) is -0.569. The van der Waals surface area contributed by atoms with Crippen molar-refractivity contribution in [1.29, 1.82) is 5.26 Å². The van der Waals surface area contributed by atoms with Crippen LogP contribution in [0.1, 0.15) is 101 Å². The molecule has 0 saturated carbocycles. The fourth-order valence-electron chi connectivity index (χ4n) is 8.97. The summed E-state index contributed by atoms with van der Waals surface area (Å²) in [6, 6.07) is 17.5. The number of aryl methyl sites for hydroxylation is 1. The van der Waals surface area contributed by atoms with Crippen LogP contribution in [0.15, 0.2) is 91.5 Å². The number of hydrogen-bond donors (Lipinski definition) is 2. The number of nitrogens with one attached hydrogen (secondary N) is 1. The maximum absolute atomic E-state index is 14.1. The smallest absolute Gasteiger partial charge is 0.417 e. The molecule has 4 atom stereocenters. The second kappa shape index (κ2) is 22.7. The number of aliphatic hydroxyl groups excluding tert-OH is 1. The van der Waals surface area contributed by atoms with Crippen molar-refractivity contribution in [3.8, 4) is 23.3 Å². The van der Waals surface area contributed by atoms with E-state index in [2.05, 4.69) is 15.4 Å². The number of imidazole rings is 1. The molecule has 2 N–H and O–H groups in total. The first-order valence-electron chi connectivity index (χ1n) is 24.0. The number of rotatable bonds is 21. The third-order valence-corrected chi connectivity index (χ3v) is 13.2. The number of ether oxygens (including phenoxy) is 3. The molecule has 3 amide bonds. The van der Waals surface area contributed by atoms with E-state index in [9.17, 15) is 37.9 Å². The van der Waals surface area contributed by atoms with Crippen molar-refractivity contribution < 1.29 is 46.9 Å². The maximum Gasteiger partial charge on any atom is 0.417 e. The number of hydrogen-bond acceptors (Lipinski definition) is 11. The molecule has 0 spiro atoms. The molecule has 382 valence electrons. The molecule has 2 unspecified atom stereocenters. The summed E-state index contributed by atoms with van der Waals surface area (Å²) in [6.07, 6.45) is 4.47. The van der Waals surface area contributed by atoms with Gasteiger partial charge in [-0.2, -0.15) is 23.5 Å². The van der Waals surface area contributed by atoms with Crippen molar-refractivity contribution in [1.82, 2.24) is 29.5 Å². The van der Waals surface area contributed by atoms with Gasteiger partial charge in [0.2, 0.25) is 11.8 Å². The van der Waals surface area contributed by atoms with Gasteiger partial charge in [-0.05, 0) is 125 Å². The van der Waals surface area contributed by atoms with Gasteiger partial charge in [-0.3, -0.25) is 24.0 Å². The normalized spacial score (nSPS) is 17.6. The van der Waals surface area contributed by atoms with Gasteiger partial charge in [0.15, 0.2) is 10.9 Å². The fourth-order valence-corrected chi connectivity index (χ4v) is 9.49. The third-order valence-electron chi connectivity index (χ3n) is 12.8. The molecule has 3 aromatic carbocycles. The van der Waals surface area contributed by atoms with Crippen LogP contribution >= 0.6 is 12.2 Å². The summed E-state index contributed by atoms with van der Waals surface area (Å²) < 4.78 is 62.4. The van der Waals surface area contributed by atoms with Crippen LogP contribution in [0.3, 0.4) is 0 Å². The Labute approximate surface area is 422 Å². The number of aromatic nitrogens is 4. The Kier molecular flexibility index (Phi) is 16.7. The monoisotopic (exact) mass is 1010 g/mol. The highest BCUT2D eigenvalue weighted by atomic mass is 32.1. The summed E-state index contributed by atoms with van der Waals surface area (Å²) in [5.74, 6) is 0.634. The third kappa shape index (κ3) is 11.9. The number of nitriles is 1. The van der Waals surface area contributed by atoms with E-state index < -0.39 is 46.9 Å². The number of alkyl halides is 3. The molecule has 2 aliphatic heterocycles. The Morgan fingerprint density at radius 1 is 0.931 bits per heavy atom. The summed E-state index contributed by atoms with van der Waals surface area (Å²) in [4.78, 5) is 49.7. The molecule has 72 heavy (non-hydrogen) atoms. The number of carbonyl (C=O) groups is 3. The van der Waals surface area contributed by atoms with Crippen molar-refractivity contribution in [2.75, 3.05) is 42.8 Å². The number of aliphatic hydroxyl groups is 1. The Morgan fingerprint density at radius 2 is 1.58 bits per heavy atom. The molecule has 5 aromatic rings. The zero-order chi connectivity index (χ0) is 51.9. The van der Waals surface area contributed by atoms with Gasteiger partial charge in [0.25, 0.3) is 5.91 Å². The van der Waals surface area contributed by atoms with Crippen LogP contribution in [0.25, 0.3) is 5.69 Å². The molecule has 2 saturated heterocycles. The van der Waals surface area contributed by atoms with E-state index in [0.717, 1.165) is 53.4 Å². The summed E-state index contributed by atoms with van der Waals surface area (Å²) in [5, 5.41) is 27.4. The number of likely N-dealkylation sites (tertiary alicyclic amines) is 1. The molecule has 0 radical (unpaired) electrons. The Balaban J connectivity index is 0.796. The average Bonchev–Trinajstić information content (AvgIpc) is 4.13. The lowest BCUT2D eigenvalue weighted by Gasteiger charge is -2.30. The minimum absolute atomic E-state index is 0.00930. The van der Waals surface area contributed by atoms with E-state index in [0.29, 0.717) is 50.0 Å². The fraction of sp³-hybridized carbons (Fsp3) is 0.442. The summed E-state index contributed by atoms with van der Waals surface area (Å²) >= 11 is 5.64. The quantitative estimate of drug-likeness (QED) is 0.0532. The lowest BCUT2D eigenvalue weighted by atomic mass is 10.0. The number of unbranched alkanes of at least 4 members (excludes halogenated alkanes) is 2. The highest BCUT2D eigenvalue weighted by Crippen LogP contribution is 2.40. The van der Waals surface area contributed by atoms with Gasteiger partial charge in [0.05, 0.1) is 60.6 Å². The van der Waals surface area contributed by atoms with Crippen LogP contribution in [-0.2, 0) is 25.3 Å². The van der Waals surface area contributed by atoms with E-state index in [1.807, 2.05) is 62.7 Å². The molecule has 0 bridgehead atoms. The highest BCUT2D eigenvalue weighted by molar-refractivity contribution is 7.81. The number of anilines is 2. The predicted octanol–water partition coefficient (Wildman–Crippen LogP) is 8.26. The second-order valence-corrected chi connectivity index (χ2v) is 19.1. The number of β-amino-alcohol motifs (C(OH)–C–C–N with tert-alkyl or cyclic N) is 1. The second-order valence-electron chi connectivity index (χ2n) is 18.8. The van der Waals surface area contributed by atoms with Crippen LogP contribution in [-0.4, -0.2) is 103 Å². The SMILES string of the molecule is Cc1nccn1-c1ccc(C(C)NC(=O)[C@@H]2C[C@@H](O)CN2C(=O)C(C(C)C)n2cc(OCCCOCCCCCOc3ccc(N4C(=S)N(c5ccc(C#N)c(C(F)(F)F)c5)C(=O)C4(C)C)cc3)cn2)cc1. The highest BCUT2D eigenvalue weighted by Gasteiger charge is 2.51.